The predicted octanol–water partition coefficient (Wildman–Crippen LogP) is 0.234. The van der Waals surface area contributed by atoms with Gasteiger partial charge in [-0.3, -0.25) is 10.2 Å². The van der Waals surface area contributed by atoms with Crippen molar-refractivity contribution >= 4 is 10.0 Å². The van der Waals surface area contributed by atoms with Crippen LogP contribution in [-0.4, -0.2) is 56.2 Å². The van der Waals surface area contributed by atoms with Gasteiger partial charge < -0.3 is 0 Å². The largest absolute Gasteiger partial charge is 0.298 e. The van der Waals surface area contributed by atoms with Gasteiger partial charge in [0.1, 0.15) is 0 Å². The second kappa shape index (κ2) is 4.86. The monoisotopic (exact) mass is 281 g/mol. The lowest BCUT2D eigenvalue weighted by Gasteiger charge is -2.40. The molecule has 2 unspecified atom stereocenters. The van der Waals surface area contributed by atoms with Crippen molar-refractivity contribution in [1.82, 2.24) is 14.5 Å². The standard InChI is InChI=1S/C13H19N3O2S/c1-19(17,18)15-7-8-16(13-9-14-13)12(10-15)11-5-3-2-4-6-11/h2-6,12-14H,7-10H2,1H3. The summed E-state index contributed by atoms with van der Waals surface area (Å²) in [6.07, 6.45) is 1.70. The van der Waals surface area contributed by atoms with Crippen LogP contribution >= 0.6 is 0 Å². The molecule has 2 fully saturated rings. The molecule has 104 valence electrons. The molecule has 5 nitrogen and oxygen atoms in total. The molecule has 2 saturated heterocycles. The van der Waals surface area contributed by atoms with E-state index in [1.807, 2.05) is 18.2 Å². The summed E-state index contributed by atoms with van der Waals surface area (Å²) in [5, 5.41) is 3.32. The van der Waals surface area contributed by atoms with Gasteiger partial charge in [0.05, 0.1) is 18.5 Å². The maximum absolute atomic E-state index is 11.7. The van der Waals surface area contributed by atoms with Crippen LogP contribution in [0.5, 0.6) is 0 Å². The molecule has 2 heterocycles. The number of hydrogen-bond donors (Lipinski definition) is 1. The minimum Gasteiger partial charge on any atom is -0.298 e. The molecule has 1 aromatic rings. The Morgan fingerprint density at radius 2 is 1.89 bits per heavy atom. The van der Waals surface area contributed by atoms with Gasteiger partial charge in [-0.15, -0.1) is 0 Å². The van der Waals surface area contributed by atoms with Gasteiger partial charge in [-0.05, 0) is 5.56 Å². The van der Waals surface area contributed by atoms with Crippen LogP contribution in [0.2, 0.25) is 0 Å². The highest BCUT2D eigenvalue weighted by atomic mass is 32.2. The number of sulfonamides is 1. The summed E-state index contributed by atoms with van der Waals surface area (Å²) in [5.41, 5.74) is 1.18. The molecule has 0 amide bonds. The van der Waals surface area contributed by atoms with Gasteiger partial charge in [0, 0.05) is 26.2 Å². The molecule has 0 saturated carbocycles. The van der Waals surface area contributed by atoms with E-state index in [-0.39, 0.29) is 6.04 Å². The van der Waals surface area contributed by atoms with Gasteiger partial charge in [0.15, 0.2) is 0 Å². The summed E-state index contributed by atoms with van der Waals surface area (Å²) < 4.78 is 25.1. The van der Waals surface area contributed by atoms with Crippen LogP contribution in [0.15, 0.2) is 30.3 Å². The van der Waals surface area contributed by atoms with Gasteiger partial charge in [-0.2, -0.15) is 4.31 Å². The number of nitrogens with zero attached hydrogens (tertiary/aromatic N) is 2. The second-order valence-corrected chi connectivity index (χ2v) is 7.19. The van der Waals surface area contributed by atoms with E-state index in [9.17, 15) is 8.42 Å². The van der Waals surface area contributed by atoms with Crippen molar-refractivity contribution in [3.05, 3.63) is 35.9 Å². The molecule has 0 aliphatic carbocycles. The summed E-state index contributed by atoms with van der Waals surface area (Å²) in [5.74, 6) is 0. The average Bonchev–Trinajstić information content (AvgIpc) is 3.22. The van der Waals surface area contributed by atoms with Crippen LogP contribution < -0.4 is 5.32 Å². The maximum Gasteiger partial charge on any atom is 0.211 e. The first-order valence-corrected chi connectivity index (χ1v) is 8.40. The van der Waals surface area contributed by atoms with Crippen molar-refractivity contribution in [3.63, 3.8) is 0 Å². The van der Waals surface area contributed by atoms with Crippen molar-refractivity contribution in [2.75, 3.05) is 32.4 Å². The lowest BCUT2D eigenvalue weighted by atomic mass is 10.0. The van der Waals surface area contributed by atoms with E-state index in [2.05, 4.69) is 22.3 Å². The highest BCUT2D eigenvalue weighted by Crippen LogP contribution is 2.29. The van der Waals surface area contributed by atoms with Crippen molar-refractivity contribution in [2.24, 2.45) is 0 Å². The summed E-state index contributed by atoms with van der Waals surface area (Å²) >= 11 is 0. The first-order valence-electron chi connectivity index (χ1n) is 6.55. The summed E-state index contributed by atoms with van der Waals surface area (Å²) in [7, 11) is -3.11. The molecule has 2 aliphatic rings. The molecule has 0 bridgehead atoms. The zero-order valence-electron chi connectivity index (χ0n) is 11.0. The Morgan fingerprint density at radius 1 is 1.21 bits per heavy atom. The Morgan fingerprint density at radius 3 is 2.47 bits per heavy atom. The van der Waals surface area contributed by atoms with Gasteiger partial charge in [-0.25, -0.2) is 8.42 Å². The van der Waals surface area contributed by atoms with E-state index in [1.165, 1.54) is 11.8 Å². The first-order chi connectivity index (χ1) is 9.05. The topological polar surface area (TPSA) is 62.6 Å². The molecule has 0 radical (unpaired) electrons. The number of rotatable bonds is 3. The van der Waals surface area contributed by atoms with Crippen LogP contribution in [0.3, 0.4) is 0 Å². The molecular formula is C13H19N3O2S. The molecule has 19 heavy (non-hydrogen) atoms. The fraction of sp³-hybridized carbons (Fsp3) is 0.538. The molecule has 0 aromatic heterocycles. The molecular weight excluding hydrogens is 262 g/mol. The number of benzene rings is 1. The smallest absolute Gasteiger partial charge is 0.211 e. The number of piperazine rings is 1. The Labute approximate surface area is 114 Å². The fourth-order valence-electron chi connectivity index (χ4n) is 2.71. The third-order valence-corrected chi connectivity index (χ3v) is 5.09. The van der Waals surface area contributed by atoms with Crippen LogP contribution in [0.4, 0.5) is 0 Å². The third kappa shape index (κ3) is 2.81. The molecule has 3 rings (SSSR count). The fourth-order valence-corrected chi connectivity index (χ4v) is 3.53. The quantitative estimate of drug-likeness (QED) is 0.806. The lowest BCUT2D eigenvalue weighted by Crippen LogP contribution is -2.51. The van der Waals surface area contributed by atoms with E-state index in [1.54, 1.807) is 4.31 Å². The van der Waals surface area contributed by atoms with Gasteiger partial charge in [-0.1, -0.05) is 30.3 Å². The van der Waals surface area contributed by atoms with Gasteiger partial charge >= 0.3 is 0 Å². The molecule has 2 aliphatic heterocycles. The van der Waals surface area contributed by atoms with Crippen LogP contribution in [0.1, 0.15) is 11.6 Å². The van der Waals surface area contributed by atoms with E-state index >= 15 is 0 Å². The van der Waals surface area contributed by atoms with E-state index in [0.29, 0.717) is 19.3 Å². The van der Waals surface area contributed by atoms with Crippen molar-refractivity contribution in [1.29, 1.82) is 0 Å². The second-order valence-electron chi connectivity index (χ2n) is 5.21. The number of hydrogen-bond acceptors (Lipinski definition) is 4. The van der Waals surface area contributed by atoms with E-state index in [4.69, 9.17) is 0 Å². The zero-order chi connectivity index (χ0) is 13.5. The zero-order valence-corrected chi connectivity index (χ0v) is 11.8. The van der Waals surface area contributed by atoms with Crippen LogP contribution in [0, 0.1) is 0 Å². The van der Waals surface area contributed by atoms with Crippen LogP contribution in [0.25, 0.3) is 0 Å². The Bertz CT molecular complexity index is 542. The molecule has 2 atom stereocenters. The normalized spacial score (nSPS) is 29.3. The van der Waals surface area contributed by atoms with E-state index < -0.39 is 10.0 Å². The van der Waals surface area contributed by atoms with Gasteiger partial charge in [0.25, 0.3) is 0 Å². The molecule has 6 heteroatoms. The van der Waals surface area contributed by atoms with Crippen molar-refractivity contribution < 1.29 is 8.42 Å². The Hall–Kier alpha value is -0.950. The van der Waals surface area contributed by atoms with Gasteiger partial charge in [0.2, 0.25) is 10.0 Å². The van der Waals surface area contributed by atoms with Crippen molar-refractivity contribution in [2.45, 2.75) is 12.2 Å². The minimum atomic E-state index is -3.11. The SMILES string of the molecule is CS(=O)(=O)N1CCN(C2CN2)C(c2ccccc2)C1. The summed E-state index contributed by atoms with van der Waals surface area (Å²) in [6.45, 7) is 2.91. The minimum absolute atomic E-state index is 0.143. The average molecular weight is 281 g/mol. The van der Waals surface area contributed by atoms with Crippen LogP contribution in [-0.2, 0) is 10.0 Å². The van der Waals surface area contributed by atoms with E-state index in [0.717, 1.165) is 13.1 Å². The van der Waals surface area contributed by atoms with Crippen molar-refractivity contribution in [3.8, 4) is 0 Å². The Balaban J connectivity index is 1.86. The summed E-state index contributed by atoms with van der Waals surface area (Å²) in [6, 6.07) is 10.3. The number of nitrogens with one attached hydrogen (secondary N) is 1. The molecule has 1 N–H and O–H groups in total. The first kappa shape index (κ1) is 13.1. The highest BCUT2D eigenvalue weighted by molar-refractivity contribution is 7.88. The lowest BCUT2D eigenvalue weighted by molar-refractivity contribution is 0.109. The third-order valence-electron chi connectivity index (χ3n) is 3.82. The summed E-state index contributed by atoms with van der Waals surface area (Å²) in [4.78, 5) is 2.37. The predicted molar refractivity (Wildman–Crippen MR) is 74.1 cm³/mol. The maximum atomic E-state index is 11.7. The molecule has 1 aromatic carbocycles. The molecule has 0 spiro atoms. The highest BCUT2D eigenvalue weighted by Gasteiger charge is 2.39. The Kier molecular flexibility index (Phi) is 3.34.